The lowest BCUT2D eigenvalue weighted by molar-refractivity contribution is 0.0988. The molecule has 0 saturated carbocycles. The van der Waals surface area contributed by atoms with E-state index in [9.17, 15) is 4.79 Å². The van der Waals surface area contributed by atoms with Crippen molar-refractivity contribution in [2.24, 2.45) is 0 Å². The Labute approximate surface area is 118 Å². The van der Waals surface area contributed by atoms with E-state index in [-0.39, 0.29) is 11.6 Å². The zero-order valence-electron chi connectivity index (χ0n) is 11.7. The Morgan fingerprint density at radius 2 is 2.00 bits per heavy atom. The van der Waals surface area contributed by atoms with Gasteiger partial charge >= 0.3 is 0 Å². The normalized spacial score (nSPS) is 9.90. The number of hydrogen-bond acceptors (Lipinski definition) is 3. The number of carbonyl (C=O) groups excluding carboxylic acids is 1. The third-order valence-electron chi connectivity index (χ3n) is 3.13. The van der Waals surface area contributed by atoms with E-state index in [1.165, 1.54) is 12.3 Å². The highest BCUT2D eigenvalue weighted by molar-refractivity contribution is 6.04. The van der Waals surface area contributed by atoms with Crippen LogP contribution in [0.2, 0.25) is 0 Å². The van der Waals surface area contributed by atoms with Crippen LogP contribution in [0, 0.1) is 25.2 Å². The lowest BCUT2D eigenvalue weighted by atomic mass is 10.1. The minimum Gasteiger partial charge on any atom is -0.310 e. The third kappa shape index (κ3) is 2.67. The van der Waals surface area contributed by atoms with E-state index in [4.69, 9.17) is 5.26 Å². The molecule has 4 heteroatoms. The average Bonchev–Trinajstić information content (AvgIpc) is 2.46. The number of pyridine rings is 1. The van der Waals surface area contributed by atoms with Gasteiger partial charge in [0.05, 0.1) is 11.6 Å². The van der Waals surface area contributed by atoms with E-state index < -0.39 is 0 Å². The standard InChI is InChI=1S/C16H15N3O/c1-11-4-5-15(12(2)8-11)19(3)16(20)14-9-13(10-17)6-7-18-14/h4-9H,1-3H3. The van der Waals surface area contributed by atoms with Gasteiger partial charge in [-0.25, -0.2) is 0 Å². The maximum atomic E-state index is 12.4. The molecule has 20 heavy (non-hydrogen) atoms. The Morgan fingerprint density at radius 3 is 2.65 bits per heavy atom. The molecule has 1 amide bonds. The Kier molecular flexibility index (Phi) is 3.81. The van der Waals surface area contributed by atoms with Crippen molar-refractivity contribution in [1.29, 1.82) is 5.26 Å². The van der Waals surface area contributed by atoms with Gasteiger partial charge in [0.2, 0.25) is 0 Å². The van der Waals surface area contributed by atoms with Crippen LogP contribution >= 0.6 is 0 Å². The molecular weight excluding hydrogens is 250 g/mol. The van der Waals surface area contributed by atoms with Crippen LogP contribution in [-0.4, -0.2) is 17.9 Å². The number of amides is 1. The van der Waals surface area contributed by atoms with Crippen molar-refractivity contribution < 1.29 is 4.79 Å². The molecule has 0 spiro atoms. The molecule has 2 aromatic rings. The number of nitrogens with zero attached hydrogens (tertiary/aromatic N) is 3. The zero-order chi connectivity index (χ0) is 14.7. The minimum absolute atomic E-state index is 0.228. The lowest BCUT2D eigenvalue weighted by Crippen LogP contribution is -2.27. The molecule has 1 heterocycles. The lowest BCUT2D eigenvalue weighted by Gasteiger charge is -2.19. The molecule has 0 aliphatic heterocycles. The molecule has 1 aromatic carbocycles. The first-order chi connectivity index (χ1) is 9.52. The third-order valence-corrected chi connectivity index (χ3v) is 3.13. The van der Waals surface area contributed by atoms with Gasteiger partial charge in [-0.1, -0.05) is 17.7 Å². The van der Waals surface area contributed by atoms with E-state index in [1.54, 1.807) is 18.0 Å². The van der Waals surface area contributed by atoms with Crippen molar-refractivity contribution in [3.05, 3.63) is 58.9 Å². The van der Waals surface area contributed by atoms with Gasteiger partial charge in [-0.2, -0.15) is 5.26 Å². The number of rotatable bonds is 2. The molecule has 0 aliphatic rings. The summed E-state index contributed by atoms with van der Waals surface area (Å²) in [5.74, 6) is -0.228. The van der Waals surface area contributed by atoms with Gasteiger partial charge in [-0.05, 0) is 37.6 Å². The fourth-order valence-corrected chi connectivity index (χ4v) is 2.08. The molecule has 0 radical (unpaired) electrons. The summed E-state index contributed by atoms with van der Waals surface area (Å²) < 4.78 is 0. The van der Waals surface area contributed by atoms with Gasteiger partial charge in [0, 0.05) is 18.9 Å². The van der Waals surface area contributed by atoms with Gasteiger partial charge in [-0.3, -0.25) is 9.78 Å². The maximum Gasteiger partial charge on any atom is 0.276 e. The van der Waals surface area contributed by atoms with Crippen LogP contribution < -0.4 is 4.90 Å². The van der Waals surface area contributed by atoms with E-state index in [2.05, 4.69) is 4.98 Å². The fourth-order valence-electron chi connectivity index (χ4n) is 2.08. The Balaban J connectivity index is 2.35. The van der Waals surface area contributed by atoms with Crippen molar-refractivity contribution in [1.82, 2.24) is 4.98 Å². The van der Waals surface area contributed by atoms with E-state index in [1.807, 2.05) is 38.1 Å². The Bertz CT molecular complexity index is 701. The van der Waals surface area contributed by atoms with Crippen molar-refractivity contribution in [3.63, 3.8) is 0 Å². The summed E-state index contributed by atoms with van der Waals surface area (Å²) >= 11 is 0. The van der Waals surface area contributed by atoms with Crippen molar-refractivity contribution in [3.8, 4) is 6.07 Å². The number of hydrogen-bond donors (Lipinski definition) is 0. The first kappa shape index (κ1) is 13.8. The smallest absolute Gasteiger partial charge is 0.276 e. The Morgan fingerprint density at radius 1 is 1.25 bits per heavy atom. The Hall–Kier alpha value is -2.67. The topological polar surface area (TPSA) is 57.0 Å². The second-order valence-corrected chi connectivity index (χ2v) is 4.70. The monoisotopic (exact) mass is 265 g/mol. The number of aromatic nitrogens is 1. The van der Waals surface area contributed by atoms with Gasteiger partial charge in [0.1, 0.15) is 5.69 Å². The average molecular weight is 265 g/mol. The van der Waals surface area contributed by atoms with Gasteiger partial charge in [0.15, 0.2) is 0 Å². The van der Waals surface area contributed by atoms with Crippen LogP contribution in [0.1, 0.15) is 27.2 Å². The molecular formula is C16H15N3O. The van der Waals surface area contributed by atoms with Crippen molar-refractivity contribution in [2.45, 2.75) is 13.8 Å². The molecule has 0 unspecified atom stereocenters. The predicted octanol–water partition coefficient (Wildman–Crippen LogP) is 2.85. The van der Waals surface area contributed by atoms with Crippen LogP contribution in [0.25, 0.3) is 0 Å². The van der Waals surface area contributed by atoms with Gasteiger partial charge in [0.25, 0.3) is 5.91 Å². The van der Waals surface area contributed by atoms with Crippen LogP contribution in [0.3, 0.4) is 0 Å². The van der Waals surface area contributed by atoms with Gasteiger partial charge < -0.3 is 4.90 Å². The number of nitriles is 1. The molecule has 1 aromatic heterocycles. The van der Waals surface area contributed by atoms with E-state index in [0.717, 1.165) is 16.8 Å². The summed E-state index contributed by atoms with van der Waals surface area (Å²) in [6.07, 6.45) is 1.47. The molecule has 2 rings (SSSR count). The number of anilines is 1. The molecule has 0 saturated heterocycles. The highest BCUT2D eigenvalue weighted by atomic mass is 16.2. The summed E-state index contributed by atoms with van der Waals surface area (Å²) in [5.41, 5.74) is 3.71. The fraction of sp³-hybridized carbons (Fsp3) is 0.188. The first-order valence-electron chi connectivity index (χ1n) is 6.24. The largest absolute Gasteiger partial charge is 0.310 e. The second kappa shape index (κ2) is 5.54. The highest BCUT2D eigenvalue weighted by Crippen LogP contribution is 2.21. The number of benzene rings is 1. The van der Waals surface area contributed by atoms with E-state index >= 15 is 0 Å². The van der Waals surface area contributed by atoms with Crippen LogP contribution in [-0.2, 0) is 0 Å². The molecule has 4 nitrogen and oxygen atoms in total. The minimum atomic E-state index is -0.228. The van der Waals surface area contributed by atoms with Gasteiger partial charge in [-0.15, -0.1) is 0 Å². The number of carbonyl (C=O) groups is 1. The zero-order valence-corrected chi connectivity index (χ0v) is 11.7. The molecule has 0 bridgehead atoms. The quantitative estimate of drug-likeness (QED) is 0.839. The summed E-state index contributed by atoms with van der Waals surface area (Å²) in [7, 11) is 1.71. The summed E-state index contributed by atoms with van der Waals surface area (Å²) in [4.78, 5) is 18.0. The number of aryl methyl sites for hydroxylation is 2. The van der Waals surface area contributed by atoms with Crippen molar-refractivity contribution in [2.75, 3.05) is 11.9 Å². The highest BCUT2D eigenvalue weighted by Gasteiger charge is 2.16. The molecule has 100 valence electrons. The predicted molar refractivity (Wildman–Crippen MR) is 77.6 cm³/mol. The van der Waals surface area contributed by atoms with Crippen molar-refractivity contribution >= 4 is 11.6 Å². The van der Waals surface area contributed by atoms with E-state index in [0.29, 0.717) is 5.56 Å². The molecule has 0 N–H and O–H groups in total. The summed E-state index contributed by atoms with van der Waals surface area (Å²) in [5, 5.41) is 8.87. The second-order valence-electron chi connectivity index (χ2n) is 4.70. The van der Waals surface area contributed by atoms with Crippen LogP contribution in [0.5, 0.6) is 0 Å². The molecule has 0 atom stereocenters. The molecule has 0 fully saturated rings. The summed E-state index contributed by atoms with van der Waals surface area (Å²) in [6.45, 7) is 3.97. The molecule has 0 aliphatic carbocycles. The summed E-state index contributed by atoms with van der Waals surface area (Å²) in [6, 6.07) is 11.0. The van der Waals surface area contributed by atoms with Crippen LogP contribution in [0.15, 0.2) is 36.5 Å². The first-order valence-corrected chi connectivity index (χ1v) is 6.24. The SMILES string of the molecule is Cc1ccc(N(C)C(=O)c2cc(C#N)ccn2)c(C)c1. The maximum absolute atomic E-state index is 12.4. The van der Waals surface area contributed by atoms with Crippen LogP contribution in [0.4, 0.5) is 5.69 Å².